The Hall–Kier alpha value is -1.87. The van der Waals surface area contributed by atoms with Gasteiger partial charge in [-0.3, -0.25) is 14.2 Å². The number of carbonyl (C=O) groups excluding carboxylic acids is 2. The number of fused-ring (bicyclic) bond motifs is 3. The van der Waals surface area contributed by atoms with Gasteiger partial charge in [-0.25, -0.2) is 14.7 Å². The van der Waals surface area contributed by atoms with Crippen molar-refractivity contribution in [2.75, 3.05) is 18.9 Å². The summed E-state index contributed by atoms with van der Waals surface area (Å²) in [5.74, 6) is -0.259. The van der Waals surface area contributed by atoms with Crippen molar-refractivity contribution in [2.24, 2.45) is 0 Å². The number of rotatable bonds is 5. The zero-order chi connectivity index (χ0) is 18.3. The molecular formula is C17H19N3O4S2. The Balaban J connectivity index is 1.65. The second-order valence-electron chi connectivity index (χ2n) is 6.34. The molecule has 0 N–H and O–H groups in total. The molecule has 9 heteroatoms. The summed E-state index contributed by atoms with van der Waals surface area (Å²) in [5, 5.41) is 1.31. The number of ether oxygens (including phenoxy) is 1. The van der Waals surface area contributed by atoms with Crippen molar-refractivity contribution in [1.29, 1.82) is 0 Å². The van der Waals surface area contributed by atoms with Gasteiger partial charge < -0.3 is 4.74 Å². The van der Waals surface area contributed by atoms with E-state index in [0.29, 0.717) is 11.7 Å². The predicted octanol–water partition coefficient (Wildman–Crippen LogP) is 2.43. The van der Waals surface area contributed by atoms with Crippen molar-refractivity contribution >= 4 is 45.3 Å². The number of nitrogens with zero attached hydrogens (tertiary/aromatic N) is 3. The summed E-state index contributed by atoms with van der Waals surface area (Å²) in [5.41, 5.74) is 1.16. The van der Waals surface area contributed by atoms with Gasteiger partial charge in [0.2, 0.25) is 5.91 Å². The van der Waals surface area contributed by atoms with Crippen LogP contribution in [0.3, 0.4) is 0 Å². The summed E-state index contributed by atoms with van der Waals surface area (Å²) in [4.78, 5) is 44.7. The SMILES string of the molecule is CCCn1c(SCC(=O)N2CCOC2=O)nc2sc3c(c2c1=O)CCC3. The first-order chi connectivity index (χ1) is 12.6. The highest BCUT2D eigenvalue weighted by Gasteiger charge is 2.29. The highest BCUT2D eigenvalue weighted by atomic mass is 32.2. The average Bonchev–Trinajstić information content (AvgIpc) is 3.31. The average molecular weight is 393 g/mol. The fourth-order valence-corrected chi connectivity index (χ4v) is 5.62. The van der Waals surface area contributed by atoms with Gasteiger partial charge in [0.1, 0.15) is 11.4 Å². The molecule has 0 saturated carbocycles. The van der Waals surface area contributed by atoms with Gasteiger partial charge in [-0.05, 0) is 31.2 Å². The van der Waals surface area contributed by atoms with E-state index in [4.69, 9.17) is 9.72 Å². The predicted molar refractivity (Wildman–Crippen MR) is 100.0 cm³/mol. The fraction of sp³-hybridized carbons (Fsp3) is 0.529. The number of imide groups is 1. The maximum absolute atomic E-state index is 13.1. The van der Waals surface area contributed by atoms with E-state index in [-0.39, 0.29) is 30.4 Å². The highest BCUT2D eigenvalue weighted by Crippen LogP contribution is 2.35. The number of aromatic nitrogens is 2. The molecule has 26 heavy (non-hydrogen) atoms. The molecule has 7 nitrogen and oxygen atoms in total. The van der Waals surface area contributed by atoms with Crippen molar-refractivity contribution in [2.45, 2.75) is 44.3 Å². The molecule has 4 rings (SSSR count). The fourth-order valence-electron chi connectivity index (χ4n) is 3.41. The quantitative estimate of drug-likeness (QED) is 0.573. The minimum atomic E-state index is -0.598. The molecule has 2 aromatic rings. The highest BCUT2D eigenvalue weighted by molar-refractivity contribution is 7.99. The summed E-state index contributed by atoms with van der Waals surface area (Å²) in [6, 6.07) is 0. The van der Waals surface area contributed by atoms with Crippen molar-refractivity contribution in [3.05, 3.63) is 20.8 Å². The summed E-state index contributed by atoms with van der Waals surface area (Å²) < 4.78 is 6.47. The lowest BCUT2D eigenvalue weighted by Crippen LogP contribution is -2.33. The van der Waals surface area contributed by atoms with Gasteiger partial charge in [-0.2, -0.15) is 0 Å². The molecule has 1 aliphatic heterocycles. The summed E-state index contributed by atoms with van der Waals surface area (Å²) in [6.07, 6.45) is 3.27. The standard InChI is InChI=1S/C17H19N3O4S2/c1-2-6-20-15(22)13-10-4-3-5-11(10)26-14(13)18-16(20)25-9-12(21)19-7-8-24-17(19)23/h2-9H2,1H3. The van der Waals surface area contributed by atoms with Crippen LogP contribution in [0.25, 0.3) is 10.2 Å². The molecule has 2 aliphatic rings. The Morgan fingerprint density at radius 1 is 1.35 bits per heavy atom. The minimum Gasteiger partial charge on any atom is -0.447 e. The van der Waals surface area contributed by atoms with Crippen LogP contribution in [0.1, 0.15) is 30.2 Å². The Morgan fingerprint density at radius 3 is 2.92 bits per heavy atom. The normalized spacial score (nSPS) is 16.3. The summed E-state index contributed by atoms with van der Waals surface area (Å²) in [7, 11) is 0. The molecule has 0 atom stereocenters. The number of thiophene rings is 1. The number of thioether (sulfide) groups is 1. The first kappa shape index (κ1) is 17.5. The smallest absolute Gasteiger partial charge is 0.416 e. The van der Waals surface area contributed by atoms with Gasteiger partial charge in [-0.15, -0.1) is 11.3 Å². The van der Waals surface area contributed by atoms with Crippen LogP contribution in [0.15, 0.2) is 9.95 Å². The molecule has 0 unspecified atom stereocenters. The molecule has 138 valence electrons. The Bertz CT molecular complexity index is 950. The van der Waals surface area contributed by atoms with E-state index in [1.165, 1.54) is 22.2 Å². The molecule has 0 spiro atoms. The van der Waals surface area contributed by atoms with Crippen LogP contribution in [0, 0.1) is 0 Å². The van der Waals surface area contributed by atoms with Gasteiger partial charge in [0.15, 0.2) is 5.16 Å². The lowest BCUT2D eigenvalue weighted by atomic mass is 10.2. The van der Waals surface area contributed by atoms with Crippen LogP contribution in [-0.2, 0) is 28.9 Å². The van der Waals surface area contributed by atoms with Crippen molar-refractivity contribution in [3.8, 4) is 0 Å². The number of aryl methyl sites for hydroxylation is 2. The molecule has 2 amide bonds. The topological polar surface area (TPSA) is 81.5 Å². The Labute approximate surface area is 158 Å². The first-order valence-corrected chi connectivity index (χ1v) is 10.6. The molecule has 1 fully saturated rings. The number of cyclic esters (lactones) is 1. The third-order valence-corrected chi connectivity index (χ3v) is 6.77. The van der Waals surface area contributed by atoms with Crippen LogP contribution in [0.5, 0.6) is 0 Å². The van der Waals surface area contributed by atoms with E-state index in [1.807, 2.05) is 6.92 Å². The molecule has 1 saturated heterocycles. The number of amides is 2. The number of hydrogen-bond donors (Lipinski definition) is 0. The van der Waals surface area contributed by atoms with E-state index in [2.05, 4.69) is 0 Å². The number of carbonyl (C=O) groups is 2. The van der Waals surface area contributed by atoms with E-state index in [0.717, 1.165) is 40.8 Å². The van der Waals surface area contributed by atoms with Gasteiger partial charge in [-0.1, -0.05) is 18.7 Å². The van der Waals surface area contributed by atoms with Gasteiger partial charge in [0.05, 0.1) is 17.7 Å². The molecular weight excluding hydrogens is 374 g/mol. The van der Waals surface area contributed by atoms with Crippen LogP contribution in [0.4, 0.5) is 4.79 Å². The first-order valence-electron chi connectivity index (χ1n) is 8.75. The summed E-state index contributed by atoms with van der Waals surface area (Å²) in [6.45, 7) is 3.09. The van der Waals surface area contributed by atoms with Crippen LogP contribution >= 0.6 is 23.1 Å². The van der Waals surface area contributed by atoms with Crippen LogP contribution in [-0.4, -0.2) is 45.4 Å². The lowest BCUT2D eigenvalue weighted by Gasteiger charge is -2.13. The Kier molecular flexibility index (Phi) is 4.74. The maximum atomic E-state index is 13.1. The molecule has 0 radical (unpaired) electrons. The van der Waals surface area contributed by atoms with E-state index in [9.17, 15) is 14.4 Å². The molecule has 1 aliphatic carbocycles. The minimum absolute atomic E-state index is 0.00761. The van der Waals surface area contributed by atoms with E-state index < -0.39 is 6.09 Å². The van der Waals surface area contributed by atoms with Crippen LogP contribution < -0.4 is 5.56 Å². The third kappa shape index (κ3) is 2.92. The van der Waals surface area contributed by atoms with Crippen LogP contribution in [0.2, 0.25) is 0 Å². The van der Waals surface area contributed by atoms with Crippen molar-refractivity contribution in [1.82, 2.24) is 14.5 Å². The van der Waals surface area contributed by atoms with Gasteiger partial charge in [0, 0.05) is 11.4 Å². The van der Waals surface area contributed by atoms with E-state index >= 15 is 0 Å². The van der Waals surface area contributed by atoms with E-state index in [1.54, 1.807) is 15.9 Å². The number of hydrogen-bond acceptors (Lipinski definition) is 7. The monoisotopic (exact) mass is 393 g/mol. The van der Waals surface area contributed by atoms with Gasteiger partial charge >= 0.3 is 6.09 Å². The molecule has 2 aromatic heterocycles. The summed E-state index contributed by atoms with van der Waals surface area (Å²) >= 11 is 2.81. The largest absolute Gasteiger partial charge is 0.447 e. The second-order valence-corrected chi connectivity index (χ2v) is 8.36. The zero-order valence-corrected chi connectivity index (χ0v) is 16.1. The molecule has 3 heterocycles. The Morgan fingerprint density at radius 2 is 2.19 bits per heavy atom. The molecule has 0 aromatic carbocycles. The maximum Gasteiger partial charge on any atom is 0.416 e. The van der Waals surface area contributed by atoms with Crippen molar-refractivity contribution < 1.29 is 14.3 Å². The second kappa shape index (κ2) is 7.03. The zero-order valence-electron chi connectivity index (χ0n) is 14.4. The van der Waals surface area contributed by atoms with Crippen molar-refractivity contribution in [3.63, 3.8) is 0 Å². The third-order valence-electron chi connectivity index (χ3n) is 4.62. The lowest BCUT2D eigenvalue weighted by molar-refractivity contribution is -0.125. The van der Waals surface area contributed by atoms with Gasteiger partial charge in [0.25, 0.3) is 5.56 Å². The molecule has 0 bridgehead atoms.